The van der Waals surface area contributed by atoms with Crippen LogP contribution in [0.4, 0.5) is 11.4 Å². The number of nitrogens with one attached hydrogen (secondary N) is 3. The number of amides is 3. The number of benzene rings is 1. The van der Waals surface area contributed by atoms with Crippen LogP contribution >= 0.6 is 0 Å². The molecular formula is C14H20N4O3. The molecule has 0 bridgehead atoms. The van der Waals surface area contributed by atoms with Gasteiger partial charge in [0.25, 0.3) is 0 Å². The Labute approximate surface area is 123 Å². The first-order valence-electron chi connectivity index (χ1n) is 6.64. The van der Waals surface area contributed by atoms with E-state index in [1.165, 1.54) is 0 Å². The molecule has 1 aromatic rings. The minimum Gasteiger partial charge on any atom is -0.346 e. The zero-order valence-corrected chi connectivity index (χ0v) is 12.2. The summed E-state index contributed by atoms with van der Waals surface area (Å²) in [7, 11) is 0. The van der Waals surface area contributed by atoms with E-state index >= 15 is 0 Å². The van der Waals surface area contributed by atoms with Gasteiger partial charge in [0.2, 0.25) is 17.7 Å². The Hall–Kier alpha value is -2.41. The van der Waals surface area contributed by atoms with Crippen molar-refractivity contribution in [1.82, 2.24) is 5.32 Å². The standard InChI is InChI=1S/C14H20N4O3/c1-3-12(19)17-10-5-4-6-11(9(10)2)18-14(21)8-16-13(20)7-15/h4-6H,3,7-8,15H2,1-2H3,(H,16,20)(H,17,19)(H,18,21). The monoisotopic (exact) mass is 292 g/mol. The summed E-state index contributed by atoms with van der Waals surface area (Å²) in [6.07, 6.45) is 0.376. The fourth-order valence-electron chi connectivity index (χ4n) is 1.59. The molecule has 0 saturated heterocycles. The molecule has 0 radical (unpaired) electrons. The maximum absolute atomic E-state index is 11.7. The van der Waals surface area contributed by atoms with Crippen LogP contribution in [0.1, 0.15) is 18.9 Å². The van der Waals surface area contributed by atoms with Gasteiger partial charge in [-0.15, -0.1) is 0 Å². The van der Waals surface area contributed by atoms with Gasteiger partial charge in [0.1, 0.15) is 0 Å². The molecule has 0 aliphatic heterocycles. The van der Waals surface area contributed by atoms with Crippen LogP contribution in [0.5, 0.6) is 0 Å². The summed E-state index contributed by atoms with van der Waals surface area (Å²) < 4.78 is 0. The van der Waals surface area contributed by atoms with E-state index in [1.807, 2.05) is 0 Å². The van der Waals surface area contributed by atoms with Gasteiger partial charge in [-0.05, 0) is 24.6 Å². The van der Waals surface area contributed by atoms with E-state index in [4.69, 9.17) is 5.73 Å². The Balaban J connectivity index is 2.71. The number of anilines is 2. The number of hydrogen-bond donors (Lipinski definition) is 4. The van der Waals surface area contributed by atoms with Crippen molar-refractivity contribution in [2.24, 2.45) is 5.73 Å². The van der Waals surface area contributed by atoms with Gasteiger partial charge in [0.05, 0.1) is 13.1 Å². The largest absolute Gasteiger partial charge is 0.346 e. The highest BCUT2D eigenvalue weighted by atomic mass is 16.2. The highest BCUT2D eigenvalue weighted by Crippen LogP contribution is 2.23. The average Bonchev–Trinajstić information content (AvgIpc) is 2.48. The molecule has 0 unspecified atom stereocenters. The molecule has 3 amide bonds. The van der Waals surface area contributed by atoms with Gasteiger partial charge in [-0.3, -0.25) is 14.4 Å². The number of carbonyl (C=O) groups is 3. The van der Waals surface area contributed by atoms with E-state index in [9.17, 15) is 14.4 Å². The van der Waals surface area contributed by atoms with Crippen LogP contribution in [-0.4, -0.2) is 30.8 Å². The summed E-state index contributed by atoms with van der Waals surface area (Å²) in [4.78, 5) is 34.1. The summed E-state index contributed by atoms with van der Waals surface area (Å²) in [5, 5.41) is 7.81. The highest BCUT2D eigenvalue weighted by Gasteiger charge is 2.09. The lowest BCUT2D eigenvalue weighted by atomic mass is 10.1. The van der Waals surface area contributed by atoms with Crippen LogP contribution in [0.25, 0.3) is 0 Å². The van der Waals surface area contributed by atoms with E-state index in [0.717, 1.165) is 5.56 Å². The van der Waals surface area contributed by atoms with E-state index in [2.05, 4.69) is 16.0 Å². The lowest BCUT2D eigenvalue weighted by Gasteiger charge is -2.13. The van der Waals surface area contributed by atoms with Gasteiger partial charge < -0.3 is 21.7 Å². The van der Waals surface area contributed by atoms with Crippen LogP contribution in [0.3, 0.4) is 0 Å². The van der Waals surface area contributed by atoms with E-state index in [1.54, 1.807) is 32.0 Å². The third-order valence-electron chi connectivity index (χ3n) is 2.83. The lowest BCUT2D eigenvalue weighted by molar-refractivity contribution is -0.123. The molecular weight excluding hydrogens is 272 g/mol. The van der Waals surface area contributed by atoms with Gasteiger partial charge >= 0.3 is 0 Å². The molecule has 7 heteroatoms. The zero-order valence-electron chi connectivity index (χ0n) is 12.2. The third-order valence-corrected chi connectivity index (χ3v) is 2.83. The normalized spacial score (nSPS) is 9.86. The van der Waals surface area contributed by atoms with Crippen molar-refractivity contribution in [1.29, 1.82) is 0 Å². The van der Waals surface area contributed by atoms with E-state index in [0.29, 0.717) is 17.8 Å². The molecule has 0 heterocycles. The molecule has 7 nitrogen and oxygen atoms in total. The molecule has 0 spiro atoms. The van der Waals surface area contributed by atoms with Gasteiger partial charge in [0, 0.05) is 17.8 Å². The summed E-state index contributed by atoms with van der Waals surface area (Å²) in [6, 6.07) is 5.21. The Morgan fingerprint density at radius 1 is 1.05 bits per heavy atom. The Morgan fingerprint density at radius 3 is 2.14 bits per heavy atom. The minimum absolute atomic E-state index is 0.100. The molecule has 0 atom stereocenters. The van der Waals surface area contributed by atoms with Crippen LogP contribution in [0, 0.1) is 6.92 Å². The Bertz CT molecular complexity index is 543. The molecule has 0 aliphatic rings. The number of hydrogen-bond acceptors (Lipinski definition) is 4. The fraction of sp³-hybridized carbons (Fsp3) is 0.357. The third kappa shape index (κ3) is 5.23. The molecule has 21 heavy (non-hydrogen) atoms. The molecule has 0 fully saturated rings. The number of rotatable bonds is 6. The molecule has 1 aromatic carbocycles. The van der Waals surface area contributed by atoms with Crippen molar-refractivity contribution in [2.75, 3.05) is 23.7 Å². The van der Waals surface area contributed by atoms with Crippen LogP contribution < -0.4 is 21.7 Å². The van der Waals surface area contributed by atoms with Gasteiger partial charge in [-0.2, -0.15) is 0 Å². The van der Waals surface area contributed by atoms with Crippen molar-refractivity contribution >= 4 is 29.1 Å². The van der Waals surface area contributed by atoms with Crippen molar-refractivity contribution in [2.45, 2.75) is 20.3 Å². The molecule has 0 aromatic heterocycles. The predicted molar refractivity (Wildman–Crippen MR) is 80.8 cm³/mol. The highest BCUT2D eigenvalue weighted by molar-refractivity contribution is 5.97. The first kappa shape index (κ1) is 16.6. The van der Waals surface area contributed by atoms with Crippen molar-refractivity contribution in [3.8, 4) is 0 Å². The van der Waals surface area contributed by atoms with Crippen LogP contribution in [0.15, 0.2) is 18.2 Å². The summed E-state index contributed by atoms with van der Waals surface area (Å²) in [6.45, 7) is 3.24. The average molecular weight is 292 g/mol. The Kier molecular flexibility index (Phi) is 6.35. The molecule has 114 valence electrons. The summed E-state index contributed by atoms with van der Waals surface area (Å²) in [5.74, 6) is -0.860. The smallest absolute Gasteiger partial charge is 0.243 e. The number of nitrogens with two attached hydrogens (primary N) is 1. The van der Waals surface area contributed by atoms with Gasteiger partial charge in [0.15, 0.2) is 0 Å². The fourth-order valence-corrected chi connectivity index (χ4v) is 1.59. The second-order valence-corrected chi connectivity index (χ2v) is 4.41. The van der Waals surface area contributed by atoms with Crippen LogP contribution in [0.2, 0.25) is 0 Å². The maximum Gasteiger partial charge on any atom is 0.243 e. The maximum atomic E-state index is 11.7. The molecule has 0 aliphatic carbocycles. The SMILES string of the molecule is CCC(=O)Nc1cccc(NC(=O)CNC(=O)CN)c1C. The first-order valence-corrected chi connectivity index (χ1v) is 6.64. The summed E-state index contributed by atoms with van der Waals surface area (Å²) >= 11 is 0. The summed E-state index contributed by atoms with van der Waals surface area (Å²) in [5.41, 5.74) is 7.10. The second-order valence-electron chi connectivity index (χ2n) is 4.41. The lowest BCUT2D eigenvalue weighted by Crippen LogP contribution is -2.36. The molecule has 1 rings (SSSR count). The van der Waals surface area contributed by atoms with E-state index in [-0.39, 0.29) is 24.9 Å². The predicted octanol–water partition coefficient (Wildman–Crippen LogP) is 0.357. The van der Waals surface area contributed by atoms with Gasteiger partial charge in [-0.25, -0.2) is 0 Å². The minimum atomic E-state index is -0.397. The quantitative estimate of drug-likeness (QED) is 0.606. The van der Waals surface area contributed by atoms with Crippen molar-refractivity contribution < 1.29 is 14.4 Å². The van der Waals surface area contributed by atoms with E-state index < -0.39 is 5.91 Å². The second kappa shape index (κ2) is 8.01. The van der Waals surface area contributed by atoms with Crippen molar-refractivity contribution in [3.05, 3.63) is 23.8 Å². The molecule has 5 N–H and O–H groups in total. The topological polar surface area (TPSA) is 113 Å². The Morgan fingerprint density at radius 2 is 1.62 bits per heavy atom. The number of carbonyl (C=O) groups excluding carboxylic acids is 3. The van der Waals surface area contributed by atoms with Crippen LogP contribution in [-0.2, 0) is 14.4 Å². The zero-order chi connectivity index (χ0) is 15.8. The first-order chi connectivity index (χ1) is 9.97. The van der Waals surface area contributed by atoms with Crippen molar-refractivity contribution in [3.63, 3.8) is 0 Å². The van der Waals surface area contributed by atoms with Gasteiger partial charge in [-0.1, -0.05) is 13.0 Å². The molecule has 0 saturated carbocycles.